The highest BCUT2D eigenvalue weighted by molar-refractivity contribution is 7.15. The van der Waals surface area contributed by atoms with Crippen molar-refractivity contribution >= 4 is 33.7 Å². The van der Waals surface area contributed by atoms with Crippen LogP contribution in [0.2, 0.25) is 0 Å². The Labute approximate surface area is 203 Å². The van der Waals surface area contributed by atoms with E-state index in [2.05, 4.69) is 64.5 Å². The number of thiophene rings is 1. The molecule has 0 aliphatic carbocycles. The predicted octanol–water partition coefficient (Wildman–Crippen LogP) is 5.69. The van der Waals surface area contributed by atoms with E-state index in [1.165, 1.54) is 9.75 Å². The molecule has 2 aromatic carbocycles. The summed E-state index contributed by atoms with van der Waals surface area (Å²) < 4.78 is 16.8. The minimum Gasteiger partial charge on any atom is -0.493 e. The van der Waals surface area contributed by atoms with Crippen LogP contribution in [0.4, 0.5) is 11.5 Å². The van der Waals surface area contributed by atoms with Crippen LogP contribution in [0.3, 0.4) is 0 Å². The first kappa shape index (κ1) is 22.3. The summed E-state index contributed by atoms with van der Waals surface area (Å²) in [5.74, 6) is 3.71. The van der Waals surface area contributed by atoms with Crippen molar-refractivity contribution in [3.8, 4) is 27.7 Å². The summed E-state index contributed by atoms with van der Waals surface area (Å²) >= 11 is 1.77. The van der Waals surface area contributed by atoms with Crippen LogP contribution in [0.5, 0.6) is 17.2 Å². The zero-order chi connectivity index (χ0) is 23.8. The lowest BCUT2D eigenvalue weighted by molar-refractivity contribution is 0.311. The van der Waals surface area contributed by atoms with Crippen molar-refractivity contribution in [2.75, 3.05) is 44.6 Å². The molecule has 8 heteroatoms. The van der Waals surface area contributed by atoms with Crippen molar-refractivity contribution in [1.29, 1.82) is 0 Å². The van der Waals surface area contributed by atoms with Gasteiger partial charge < -0.3 is 24.4 Å². The highest BCUT2D eigenvalue weighted by Gasteiger charge is 2.18. The Balaban J connectivity index is 1.43. The summed E-state index contributed by atoms with van der Waals surface area (Å²) in [7, 11) is 5.35. The van der Waals surface area contributed by atoms with Crippen LogP contribution in [0.15, 0.2) is 42.5 Å². The Hall–Kier alpha value is -3.52. The number of fused-ring (bicyclic) bond motifs is 2. The number of hydrogen-bond acceptors (Lipinski definition) is 8. The molecule has 4 aromatic rings. The van der Waals surface area contributed by atoms with Crippen LogP contribution < -0.4 is 24.4 Å². The molecule has 0 fully saturated rings. The molecule has 0 spiro atoms. The van der Waals surface area contributed by atoms with Gasteiger partial charge in [0.25, 0.3) is 0 Å². The van der Waals surface area contributed by atoms with Gasteiger partial charge in [-0.15, -0.1) is 11.3 Å². The van der Waals surface area contributed by atoms with Gasteiger partial charge in [-0.1, -0.05) is 6.07 Å². The average Bonchev–Trinajstić information content (AvgIpc) is 3.34. The van der Waals surface area contributed by atoms with E-state index >= 15 is 0 Å². The summed E-state index contributed by atoms with van der Waals surface area (Å²) in [4.78, 5) is 13.9. The maximum atomic E-state index is 5.89. The number of benzene rings is 2. The van der Waals surface area contributed by atoms with Gasteiger partial charge in [0.15, 0.2) is 11.5 Å². The van der Waals surface area contributed by atoms with Gasteiger partial charge in [-0.25, -0.2) is 9.97 Å². The molecule has 0 unspecified atom stereocenters. The van der Waals surface area contributed by atoms with Crippen LogP contribution in [0.1, 0.15) is 23.7 Å². The maximum absolute atomic E-state index is 5.89. The monoisotopic (exact) mass is 476 g/mol. The molecule has 0 saturated carbocycles. The van der Waals surface area contributed by atoms with Gasteiger partial charge in [0.2, 0.25) is 0 Å². The SMILES string of the molecule is COc1cc2nc(C)nc(N[C@@H](C)c3ccc(-c4ccc5c(c4)OCCN5C)s3)c2cc1OC. The first-order valence-corrected chi connectivity index (χ1v) is 12.0. The highest BCUT2D eigenvalue weighted by Crippen LogP contribution is 2.39. The first-order chi connectivity index (χ1) is 16.5. The molecule has 2 aromatic heterocycles. The standard InChI is InChI=1S/C26H28N4O3S/c1-15(27-26-18-13-22(31-4)23(32-5)14-19(18)28-16(2)29-26)24-8-9-25(34-24)17-6-7-20-21(12-17)33-11-10-30(20)3/h6-9,12-15H,10-11H2,1-5H3,(H,27,28,29)/t15-/m0/s1. The highest BCUT2D eigenvalue weighted by atomic mass is 32.1. The van der Waals surface area contributed by atoms with E-state index in [1.807, 2.05) is 19.1 Å². The van der Waals surface area contributed by atoms with Crippen molar-refractivity contribution in [1.82, 2.24) is 9.97 Å². The number of aromatic nitrogens is 2. The fourth-order valence-electron chi connectivity index (χ4n) is 4.21. The van der Waals surface area contributed by atoms with Crippen LogP contribution >= 0.6 is 11.3 Å². The number of anilines is 2. The summed E-state index contributed by atoms with van der Waals surface area (Å²) in [5, 5.41) is 4.47. The largest absolute Gasteiger partial charge is 0.493 e. The topological polar surface area (TPSA) is 68.7 Å². The molecule has 0 saturated heterocycles. The smallest absolute Gasteiger partial charge is 0.162 e. The van der Waals surface area contributed by atoms with Crippen molar-refractivity contribution < 1.29 is 14.2 Å². The zero-order valence-electron chi connectivity index (χ0n) is 20.0. The number of hydrogen-bond donors (Lipinski definition) is 1. The molecule has 1 aliphatic rings. The molecular weight excluding hydrogens is 448 g/mol. The maximum Gasteiger partial charge on any atom is 0.162 e. The third-order valence-corrected chi connectivity index (χ3v) is 7.38. The molecule has 0 amide bonds. The summed E-state index contributed by atoms with van der Waals surface area (Å²) in [6.07, 6.45) is 0. The Morgan fingerprint density at radius 3 is 2.65 bits per heavy atom. The van der Waals surface area contributed by atoms with Crippen molar-refractivity contribution in [3.05, 3.63) is 53.2 Å². The first-order valence-electron chi connectivity index (χ1n) is 11.2. The van der Waals surface area contributed by atoms with Gasteiger partial charge in [-0.3, -0.25) is 0 Å². The minimum absolute atomic E-state index is 0.0596. The molecular formula is C26H28N4O3S. The fraction of sp³-hybridized carbons (Fsp3) is 0.308. The second kappa shape index (κ2) is 9.02. The Kier molecular flexibility index (Phi) is 5.91. The van der Waals surface area contributed by atoms with Gasteiger partial charge in [-0.05, 0) is 49.7 Å². The Morgan fingerprint density at radius 2 is 1.85 bits per heavy atom. The van der Waals surface area contributed by atoms with Crippen molar-refractivity contribution in [3.63, 3.8) is 0 Å². The molecule has 1 aliphatic heterocycles. The summed E-state index contributed by atoms with van der Waals surface area (Å²) in [6.45, 7) is 5.66. The van der Waals surface area contributed by atoms with Gasteiger partial charge in [0, 0.05) is 28.3 Å². The fourth-order valence-corrected chi connectivity index (χ4v) is 5.22. The second-order valence-electron chi connectivity index (χ2n) is 8.36. The van der Waals surface area contributed by atoms with Crippen LogP contribution in [0.25, 0.3) is 21.3 Å². The van der Waals surface area contributed by atoms with E-state index in [0.717, 1.165) is 40.3 Å². The molecule has 176 valence electrons. The lowest BCUT2D eigenvalue weighted by Crippen LogP contribution is -2.28. The second-order valence-corrected chi connectivity index (χ2v) is 9.48. The van der Waals surface area contributed by atoms with E-state index in [9.17, 15) is 0 Å². The summed E-state index contributed by atoms with van der Waals surface area (Å²) in [6, 6.07) is 14.7. The number of nitrogens with zero attached hydrogens (tertiary/aromatic N) is 3. The Morgan fingerprint density at radius 1 is 1.06 bits per heavy atom. The van der Waals surface area contributed by atoms with Crippen LogP contribution in [-0.2, 0) is 0 Å². The number of ether oxygens (including phenoxy) is 3. The number of likely N-dealkylation sites (N-methyl/N-ethyl adjacent to an activating group) is 1. The number of nitrogens with one attached hydrogen (secondary N) is 1. The van der Waals surface area contributed by atoms with Crippen LogP contribution in [0, 0.1) is 6.92 Å². The lowest BCUT2D eigenvalue weighted by Gasteiger charge is -2.27. The average molecular weight is 477 g/mol. The number of rotatable bonds is 6. The van der Waals surface area contributed by atoms with E-state index in [0.29, 0.717) is 23.9 Å². The third kappa shape index (κ3) is 4.09. The van der Waals surface area contributed by atoms with Gasteiger partial charge in [-0.2, -0.15) is 0 Å². The molecule has 7 nitrogen and oxygen atoms in total. The molecule has 1 atom stereocenters. The van der Waals surface area contributed by atoms with Gasteiger partial charge in [0.05, 0.1) is 38.0 Å². The number of methoxy groups -OCH3 is 2. The summed E-state index contributed by atoms with van der Waals surface area (Å²) in [5.41, 5.74) is 3.11. The normalized spacial score (nSPS) is 13.9. The molecule has 3 heterocycles. The van der Waals surface area contributed by atoms with E-state index < -0.39 is 0 Å². The minimum atomic E-state index is 0.0596. The van der Waals surface area contributed by atoms with E-state index in [4.69, 9.17) is 14.2 Å². The van der Waals surface area contributed by atoms with Crippen molar-refractivity contribution in [2.45, 2.75) is 19.9 Å². The molecule has 1 N–H and O–H groups in total. The molecule has 5 rings (SSSR count). The van der Waals surface area contributed by atoms with E-state index in [-0.39, 0.29) is 6.04 Å². The zero-order valence-corrected chi connectivity index (χ0v) is 20.8. The lowest BCUT2D eigenvalue weighted by atomic mass is 10.1. The predicted molar refractivity (Wildman–Crippen MR) is 138 cm³/mol. The van der Waals surface area contributed by atoms with Crippen molar-refractivity contribution in [2.24, 2.45) is 0 Å². The molecule has 0 bridgehead atoms. The van der Waals surface area contributed by atoms with Gasteiger partial charge >= 0.3 is 0 Å². The van der Waals surface area contributed by atoms with Gasteiger partial charge in [0.1, 0.15) is 24.0 Å². The molecule has 0 radical (unpaired) electrons. The Bertz CT molecular complexity index is 1350. The quantitative estimate of drug-likeness (QED) is 0.384. The molecule has 34 heavy (non-hydrogen) atoms. The third-order valence-electron chi connectivity index (χ3n) is 6.06. The van der Waals surface area contributed by atoms with E-state index in [1.54, 1.807) is 25.6 Å². The van der Waals surface area contributed by atoms with Crippen LogP contribution in [-0.4, -0.2) is 44.4 Å². The number of aryl methyl sites for hydroxylation is 1.